The highest BCUT2D eigenvalue weighted by Crippen LogP contribution is 2.34. The first-order chi connectivity index (χ1) is 13.2. The first-order valence-electron chi connectivity index (χ1n) is 10.1. The molecule has 4 rings (SSSR count). The lowest BCUT2D eigenvalue weighted by molar-refractivity contribution is -0.134. The summed E-state index contributed by atoms with van der Waals surface area (Å²) in [5.74, 6) is 1.56. The maximum Gasteiger partial charge on any atom is 0.237 e. The van der Waals surface area contributed by atoms with Gasteiger partial charge in [0.1, 0.15) is 5.75 Å². The van der Waals surface area contributed by atoms with E-state index in [4.69, 9.17) is 14.2 Å². The monoisotopic (exact) mass is 374 g/mol. The van der Waals surface area contributed by atoms with Crippen molar-refractivity contribution in [1.82, 2.24) is 9.80 Å². The number of nitrogens with zero attached hydrogens (tertiary/aromatic N) is 2. The lowest BCUT2D eigenvalue weighted by Crippen LogP contribution is -2.44. The zero-order chi connectivity index (χ0) is 18.6. The van der Waals surface area contributed by atoms with Gasteiger partial charge in [-0.2, -0.15) is 0 Å². The van der Waals surface area contributed by atoms with Crippen LogP contribution in [0.2, 0.25) is 0 Å². The van der Waals surface area contributed by atoms with E-state index in [-0.39, 0.29) is 18.2 Å². The van der Waals surface area contributed by atoms with E-state index in [2.05, 4.69) is 21.9 Å². The molecule has 0 spiro atoms. The molecule has 148 valence electrons. The zero-order valence-electron chi connectivity index (χ0n) is 16.1. The third-order valence-electron chi connectivity index (χ3n) is 6.08. The third-order valence-corrected chi connectivity index (χ3v) is 6.08. The van der Waals surface area contributed by atoms with E-state index in [1.54, 1.807) is 7.11 Å². The lowest BCUT2D eigenvalue weighted by Gasteiger charge is -2.35. The molecule has 1 atom stereocenters. The van der Waals surface area contributed by atoms with Gasteiger partial charge in [0, 0.05) is 12.5 Å². The normalized spacial score (nSPS) is 25.2. The van der Waals surface area contributed by atoms with Crippen LogP contribution in [0.15, 0.2) is 24.3 Å². The first-order valence-corrected chi connectivity index (χ1v) is 10.1. The fraction of sp³-hybridized carbons (Fsp3) is 0.667. The van der Waals surface area contributed by atoms with Crippen LogP contribution in [0.3, 0.4) is 0 Å². The molecule has 0 aromatic heterocycles. The summed E-state index contributed by atoms with van der Waals surface area (Å²) in [7, 11) is 1.68. The number of hydrogen-bond acceptors (Lipinski definition) is 5. The first kappa shape index (κ1) is 18.7. The molecule has 0 N–H and O–H groups in total. The average molecular weight is 374 g/mol. The molecule has 0 saturated carbocycles. The van der Waals surface area contributed by atoms with Crippen LogP contribution in [-0.2, 0) is 14.3 Å². The van der Waals surface area contributed by atoms with E-state index in [0.29, 0.717) is 25.7 Å². The molecule has 3 saturated heterocycles. The van der Waals surface area contributed by atoms with E-state index in [9.17, 15) is 4.79 Å². The van der Waals surface area contributed by atoms with Crippen molar-refractivity contribution >= 4 is 5.91 Å². The van der Waals surface area contributed by atoms with Gasteiger partial charge in [-0.15, -0.1) is 0 Å². The Morgan fingerprint density at radius 3 is 2.67 bits per heavy atom. The van der Waals surface area contributed by atoms with Crippen LogP contribution < -0.4 is 4.74 Å². The molecule has 1 amide bonds. The Morgan fingerprint density at radius 1 is 1.15 bits per heavy atom. The van der Waals surface area contributed by atoms with Crippen molar-refractivity contribution in [3.8, 4) is 5.75 Å². The number of rotatable bonds is 5. The van der Waals surface area contributed by atoms with Crippen LogP contribution in [0.25, 0.3) is 0 Å². The molecule has 3 aliphatic rings. The SMILES string of the molecule is COc1cccc(C2CCCN2C(=O)CN2CCC(C3OCCO3)CC2)c1. The number of benzene rings is 1. The molecule has 1 aromatic carbocycles. The third kappa shape index (κ3) is 4.28. The Bertz CT molecular complexity index is 639. The minimum Gasteiger partial charge on any atom is -0.497 e. The second-order valence-corrected chi connectivity index (χ2v) is 7.75. The lowest BCUT2D eigenvalue weighted by atomic mass is 9.96. The highest BCUT2D eigenvalue weighted by molar-refractivity contribution is 5.79. The second kappa shape index (κ2) is 8.59. The van der Waals surface area contributed by atoms with Crippen LogP contribution >= 0.6 is 0 Å². The van der Waals surface area contributed by atoms with Crippen molar-refractivity contribution in [2.75, 3.05) is 46.5 Å². The summed E-state index contributed by atoms with van der Waals surface area (Å²) < 4.78 is 16.6. The number of likely N-dealkylation sites (tertiary alicyclic amines) is 2. The summed E-state index contributed by atoms with van der Waals surface area (Å²) in [5.41, 5.74) is 1.18. The van der Waals surface area contributed by atoms with Gasteiger partial charge < -0.3 is 19.1 Å². The van der Waals surface area contributed by atoms with Gasteiger partial charge in [-0.3, -0.25) is 9.69 Å². The number of hydrogen-bond donors (Lipinski definition) is 0. The largest absolute Gasteiger partial charge is 0.497 e. The molecule has 1 aromatic rings. The van der Waals surface area contributed by atoms with Crippen molar-refractivity contribution in [3.05, 3.63) is 29.8 Å². The van der Waals surface area contributed by atoms with E-state index >= 15 is 0 Å². The molecule has 0 aliphatic carbocycles. The van der Waals surface area contributed by atoms with Crippen LogP contribution in [-0.4, -0.2) is 68.5 Å². The van der Waals surface area contributed by atoms with Crippen LogP contribution in [0, 0.1) is 5.92 Å². The van der Waals surface area contributed by atoms with Gasteiger partial charge in [-0.05, 0) is 56.5 Å². The van der Waals surface area contributed by atoms with Crippen LogP contribution in [0.1, 0.15) is 37.3 Å². The maximum atomic E-state index is 13.0. The number of piperidine rings is 1. The molecule has 3 aliphatic heterocycles. The Balaban J connectivity index is 1.32. The predicted octanol–water partition coefficient (Wildman–Crippen LogP) is 2.44. The molecule has 27 heavy (non-hydrogen) atoms. The number of ether oxygens (including phenoxy) is 3. The quantitative estimate of drug-likeness (QED) is 0.792. The van der Waals surface area contributed by atoms with Crippen molar-refractivity contribution in [2.24, 2.45) is 5.92 Å². The van der Waals surface area contributed by atoms with Gasteiger partial charge in [0.2, 0.25) is 5.91 Å². The van der Waals surface area contributed by atoms with Gasteiger partial charge >= 0.3 is 0 Å². The maximum absolute atomic E-state index is 13.0. The Kier molecular flexibility index (Phi) is 5.95. The number of carbonyl (C=O) groups is 1. The molecule has 0 radical (unpaired) electrons. The van der Waals surface area contributed by atoms with E-state index < -0.39 is 0 Å². The highest BCUT2D eigenvalue weighted by Gasteiger charge is 2.34. The Morgan fingerprint density at radius 2 is 1.93 bits per heavy atom. The van der Waals surface area contributed by atoms with Gasteiger partial charge in [-0.25, -0.2) is 0 Å². The van der Waals surface area contributed by atoms with Gasteiger partial charge in [-0.1, -0.05) is 12.1 Å². The number of amides is 1. The van der Waals surface area contributed by atoms with Crippen molar-refractivity contribution in [2.45, 2.75) is 38.0 Å². The van der Waals surface area contributed by atoms with Gasteiger partial charge in [0.05, 0.1) is 32.9 Å². The van der Waals surface area contributed by atoms with E-state index in [1.165, 1.54) is 5.56 Å². The fourth-order valence-electron chi connectivity index (χ4n) is 4.57. The minimum atomic E-state index is -0.0288. The van der Waals surface area contributed by atoms with Crippen LogP contribution in [0.4, 0.5) is 0 Å². The molecule has 0 bridgehead atoms. The highest BCUT2D eigenvalue weighted by atomic mass is 16.7. The summed E-state index contributed by atoms with van der Waals surface area (Å²) in [6, 6.07) is 8.29. The number of carbonyl (C=O) groups excluding carboxylic acids is 1. The average Bonchev–Trinajstić information content (AvgIpc) is 3.40. The molecule has 6 heteroatoms. The molecule has 6 nitrogen and oxygen atoms in total. The van der Waals surface area contributed by atoms with Crippen molar-refractivity contribution in [1.29, 1.82) is 0 Å². The standard InChI is InChI=1S/C21H30N2O4/c1-25-18-5-2-4-17(14-18)19-6-3-9-23(19)20(24)15-22-10-7-16(8-11-22)21-26-12-13-27-21/h2,4-5,14,16,19,21H,3,6-13,15H2,1H3. The van der Waals surface area contributed by atoms with E-state index in [1.807, 2.05) is 12.1 Å². The molecule has 3 fully saturated rings. The van der Waals surface area contributed by atoms with Crippen molar-refractivity contribution < 1.29 is 19.0 Å². The topological polar surface area (TPSA) is 51.2 Å². The summed E-state index contributed by atoms with van der Waals surface area (Å²) in [5, 5.41) is 0. The summed E-state index contributed by atoms with van der Waals surface area (Å²) in [4.78, 5) is 17.3. The van der Waals surface area contributed by atoms with Crippen molar-refractivity contribution in [3.63, 3.8) is 0 Å². The number of methoxy groups -OCH3 is 1. The van der Waals surface area contributed by atoms with Gasteiger partial charge in [0.25, 0.3) is 0 Å². The Hall–Kier alpha value is -1.63. The zero-order valence-corrected chi connectivity index (χ0v) is 16.1. The minimum absolute atomic E-state index is 0.0288. The molecular formula is C21H30N2O4. The Labute approximate surface area is 161 Å². The summed E-state index contributed by atoms with van der Waals surface area (Å²) >= 11 is 0. The van der Waals surface area contributed by atoms with E-state index in [0.717, 1.165) is 51.1 Å². The molecular weight excluding hydrogens is 344 g/mol. The summed E-state index contributed by atoms with van der Waals surface area (Å²) in [6.07, 6.45) is 4.14. The van der Waals surface area contributed by atoms with Gasteiger partial charge in [0.15, 0.2) is 6.29 Å². The fourth-order valence-corrected chi connectivity index (χ4v) is 4.57. The van der Waals surface area contributed by atoms with Crippen LogP contribution in [0.5, 0.6) is 5.75 Å². The summed E-state index contributed by atoms with van der Waals surface area (Å²) in [6.45, 7) is 4.67. The molecule has 1 unspecified atom stereocenters. The predicted molar refractivity (Wildman–Crippen MR) is 102 cm³/mol. The second-order valence-electron chi connectivity index (χ2n) is 7.75. The smallest absolute Gasteiger partial charge is 0.237 e. The molecule has 3 heterocycles.